The zero-order valence-corrected chi connectivity index (χ0v) is 11.1. The fourth-order valence-electron chi connectivity index (χ4n) is 1.44. The molecule has 0 saturated carbocycles. The first-order valence-corrected chi connectivity index (χ1v) is 5.90. The smallest absolute Gasteiger partial charge is 0.0672 e. The average Bonchev–Trinajstić information content (AvgIpc) is 2.27. The first-order chi connectivity index (χ1) is 8.02. The Bertz CT molecular complexity index is 405. The monoisotopic (exact) mass is 254 g/mol. The fraction of sp³-hybridized carbons (Fsp3) is 0.385. The van der Waals surface area contributed by atoms with Gasteiger partial charge >= 0.3 is 0 Å². The Labute approximate surface area is 108 Å². The lowest BCUT2D eigenvalue weighted by atomic mass is 10.1. The second kappa shape index (κ2) is 6.52. The zero-order chi connectivity index (χ0) is 12.8. The molecule has 0 heterocycles. The third kappa shape index (κ3) is 4.29. The van der Waals surface area contributed by atoms with Crippen molar-refractivity contribution >= 4 is 23.0 Å². The summed E-state index contributed by atoms with van der Waals surface area (Å²) >= 11 is 6.03. The van der Waals surface area contributed by atoms with Crippen molar-refractivity contribution in [2.24, 2.45) is 0 Å². The molecule has 0 aliphatic rings. The molecule has 0 radical (unpaired) electrons. The molecule has 0 aliphatic heterocycles. The van der Waals surface area contributed by atoms with Crippen LogP contribution in [0.2, 0.25) is 5.02 Å². The van der Waals surface area contributed by atoms with Crippen molar-refractivity contribution in [1.29, 1.82) is 0 Å². The van der Waals surface area contributed by atoms with E-state index in [0.29, 0.717) is 30.5 Å². The van der Waals surface area contributed by atoms with Gasteiger partial charge in [0.2, 0.25) is 0 Å². The molecule has 3 N–H and O–H groups in total. The van der Waals surface area contributed by atoms with E-state index in [0.717, 1.165) is 16.8 Å². The summed E-state index contributed by atoms with van der Waals surface area (Å²) in [6, 6.07) is 3.60. The molecule has 0 aromatic heterocycles. The van der Waals surface area contributed by atoms with Crippen LogP contribution in [0.25, 0.3) is 0 Å². The van der Waals surface area contributed by atoms with E-state index in [1.54, 1.807) is 12.1 Å². The number of rotatable bonds is 6. The predicted octanol–water partition coefficient (Wildman–Crippen LogP) is 3.24. The van der Waals surface area contributed by atoms with Crippen LogP contribution in [0, 0.1) is 6.92 Å². The van der Waals surface area contributed by atoms with Crippen LogP contribution < -0.4 is 11.1 Å². The van der Waals surface area contributed by atoms with Gasteiger partial charge in [0.15, 0.2) is 0 Å². The predicted molar refractivity (Wildman–Crippen MR) is 74.7 cm³/mol. The SMILES string of the molecule is C=C(C)COCCNc1c(N)ccc(Cl)c1C. The van der Waals surface area contributed by atoms with Crippen LogP contribution in [0.1, 0.15) is 12.5 Å². The van der Waals surface area contributed by atoms with E-state index in [-0.39, 0.29) is 0 Å². The van der Waals surface area contributed by atoms with Crippen LogP contribution in [0.5, 0.6) is 0 Å². The lowest BCUT2D eigenvalue weighted by molar-refractivity contribution is 0.167. The van der Waals surface area contributed by atoms with Crippen molar-refractivity contribution in [2.45, 2.75) is 13.8 Å². The summed E-state index contributed by atoms with van der Waals surface area (Å²) in [5.41, 5.74) is 9.44. The Morgan fingerprint density at radius 3 is 2.88 bits per heavy atom. The van der Waals surface area contributed by atoms with Crippen molar-refractivity contribution in [3.05, 3.63) is 34.9 Å². The number of hydrogen-bond donors (Lipinski definition) is 2. The number of ether oxygens (including phenoxy) is 1. The molecule has 0 atom stereocenters. The Balaban J connectivity index is 2.46. The highest BCUT2D eigenvalue weighted by Crippen LogP contribution is 2.28. The second-order valence-electron chi connectivity index (χ2n) is 4.07. The van der Waals surface area contributed by atoms with E-state index in [1.807, 2.05) is 13.8 Å². The van der Waals surface area contributed by atoms with Gasteiger partial charge in [0.1, 0.15) is 0 Å². The molecule has 0 saturated heterocycles. The third-order valence-corrected chi connectivity index (χ3v) is 2.74. The Morgan fingerprint density at radius 2 is 2.24 bits per heavy atom. The third-order valence-electron chi connectivity index (χ3n) is 2.33. The molecule has 1 aromatic carbocycles. The topological polar surface area (TPSA) is 47.3 Å². The van der Waals surface area contributed by atoms with E-state index in [9.17, 15) is 0 Å². The first-order valence-electron chi connectivity index (χ1n) is 5.53. The van der Waals surface area contributed by atoms with E-state index in [4.69, 9.17) is 22.1 Å². The van der Waals surface area contributed by atoms with E-state index >= 15 is 0 Å². The summed E-state index contributed by atoms with van der Waals surface area (Å²) in [4.78, 5) is 0. The van der Waals surface area contributed by atoms with Crippen LogP contribution in [0.15, 0.2) is 24.3 Å². The minimum atomic E-state index is 0.589. The molecule has 0 bridgehead atoms. The number of benzene rings is 1. The van der Waals surface area contributed by atoms with E-state index in [2.05, 4.69) is 11.9 Å². The summed E-state index contributed by atoms with van der Waals surface area (Å²) in [5.74, 6) is 0. The number of nitrogens with one attached hydrogen (secondary N) is 1. The molecule has 1 aromatic rings. The van der Waals surface area contributed by atoms with E-state index < -0.39 is 0 Å². The van der Waals surface area contributed by atoms with Gasteiger partial charge < -0.3 is 15.8 Å². The van der Waals surface area contributed by atoms with Crippen molar-refractivity contribution in [2.75, 3.05) is 30.8 Å². The zero-order valence-electron chi connectivity index (χ0n) is 10.3. The molecule has 0 fully saturated rings. The molecule has 0 aliphatic carbocycles. The van der Waals surface area contributed by atoms with Gasteiger partial charge in [-0.2, -0.15) is 0 Å². The molecule has 3 nitrogen and oxygen atoms in total. The van der Waals surface area contributed by atoms with Gasteiger partial charge in [0.25, 0.3) is 0 Å². The van der Waals surface area contributed by atoms with E-state index in [1.165, 1.54) is 0 Å². The molecule has 0 amide bonds. The molecule has 0 unspecified atom stereocenters. The summed E-state index contributed by atoms with van der Waals surface area (Å²) < 4.78 is 5.39. The number of hydrogen-bond acceptors (Lipinski definition) is 3. The standard InChI is InChI=1S/C13H19ClN2O/c1-9(2)8-17-7-6-16-13-10(3)11(14)4-5-12(13)15/h4-5,16H,1,6-8,15H2,2-3H3. The van der Waals surface area contributed by atoms with Crippen molar-refractivity contribution < 1.29 is 4.74 Å². The molecule has 4 heteroatoms. The van der Waals surface area contributed by atoms with Gasteiger partial charge in [-0.25, -0.2) is 0 Å². The lowest BCUT2D eigenvalue weighted by Crippen LogP contribution is -2.12. The van der Waals surface area contributed by atoms with Crippen LogP contribution >= 0.6 is 11.6 Å². The van der Waals surface area contributed by atoms with Gasteiger partial charge in [-0.15, -0.1) is 0 Å². The normalized spacial score (nSPS) is 10.3. The summed E-state index contributed by atoms with van der Waals surface area (Å²) in [6.45, 7) is 9.54. The quantitative estimate of drug-likeness (QED) is 0.466. The molecule has 0 spiro atoms. The van der Waals surface area contributed by atoms with Gasteiger partial charge in [0.05, 0.1) is 24.6 Å². The summed E-state index contributed by atoms with van der Waals surface area (Å²) in [5, 5.41) is 3.94. The number of halogens is 1. The summed E-state index contributed by atoms with van der Waals surface area (Å²) in [7, 11) is 0. The molecule has 1 rings (SSSR count). The van der Waals surface area contributed by atoms with Gasteiger partial charge in [-0.3, -0.25) is 0 Å². The lowest BCUT2D eigenvalue weighted by Gasteiger charge is -2.13. The van der Waals surface area contributed by atoms with Gasteiger partial charge in [-0.05, 0) is 31.5 Å². The largest absolute Gasteiger partial charge is 0.397 e. The molecule has 17 heavy (non-hydrogen) atoms. The molecular weight excluding hydrogens is 236 g/mol. The Kier molecular flexibility index (Phi) is 5.32. The maximum absolute atomic E-state index is 6.03. The fourth-order valence-corrected chi connectivity index (χ4v) is 1.59. The first kappa shape index (κ1) is 13.9. The molecule has 94 valence electrons. The maximum Gasteiger partial charge on any atom is 0.0672 e. The van der Waals surface area contributed by atoms with Crippen LogP contribution in [0.3, 0.4) is 0 Å². The Morgan fingerprint density at radius 1 is 1.53 bits per heavy atom. The van der Waals surface area contributed by atoms with Gasteiger partial charge in [-0.1, -0.05) is 23.8 Å². The van der Waals surface area contributed by atoms with Crippen molar-refractivity contribution in [3.8, 4) is 0 Å². The number of nitrogen functional groups attached to an aromatic ring is 1. The van der Waals surface area contributed by atoms with Crippen molar-refractivity contribution in [3.63, 3.8) is 0 Å². The van der Waals surface area contributed by atoms with Crippen molar-refractivity contribution in [1.82, 2.24) is 0 Å². The summed E-state index contributed by atoms with van der Waals surface area (Å²) in [6.07, 6.45) is 0. The minimum Gasteiger partial charge on any atom is -0.397 e. The Hall–Kier alpha value is -1.19. The molecular formula is C13H19ClN2O. The van der Waals surface area contributed by atoms with Crippen LogP contribution in [-0.2, 0) is 4.74 Å². The highest BCUT2D eigenvalue weighted by Gasteiger charge is 2.05. The number of nitrogens with two attached hydrogens (primary N) is 1. The second-order valence-corrected chi connectivity index (χ2v) is 4.48. The minimum absolute atomic E-state index is 0.589. The number of anilines is 2. The average molecular weight is 255 g/mol. The maximum atomic E-state index is 6.03. The van der Waals surface area contributed by atoms with Crippen LogP contribution in [0.4, 0.5) is 11.4 Å². The van der Waals surface area contributed by atoms with Gasteiger partial charge in [0, 0.05) is 11.6 Å². The highest BCUT2D eigenvalue weighted by atomic mass is 35.5. The highest BCUT2D eigenvalue weighted by molar-refractivity contribution is 6.31. The van der Waals surface area contributed by atoms with Crippen LogP contribution in [-0.4, -0.2) is 19.8 Å².